The molecule has 0 saturated carbocycles. The highest BCUT2D eigenvalue weighted by Crippen LogP contribution is 2.15. The molecule has 3 rings (SSSR count). The maximum Gasteiger partial charge on any atom is 0.252 e. The largest absolute Gasteiger partial charge is 0.321 e. The SMILES string of the molecule is Cc1ccc(CS(=O)(=O)NCc2cc3cccc(C)c3[nH]c2=O)cc1. The molecule has 0 bridgehead atoms. The lowest BCUT2D eigenvalue weighted by molar-refractivity contribution is 0.580. The fourth-order valence-electron chi connectivity index (χ4n) is 2.70. The second-order valence-corrected chi connectivity index (χ2v) is 8.04. The Hall–Kier alpha value is -2.44. The van der Waals surface area contributed by atoms with Gasteiger partial charge in [0.15, 0.2) is 0 Å². The number of fused-ring (bicyclic) bond motifs is 1. The number of pyridine rings is 1. The monoisotopic (exact) mass is 356 g/mol. The van der Waals surface area contributed by atoms with Crippen molar-refractivity contribution in [2.75, 3.05) is 0 Å². The van der Waals surface area contributed by atoms with Crippen molar-refractivity contribution in [2.24, 2.45) is 0 Å². The van der Waals surface area contributed by atoms with Gasteiger partial charge in [-0.25, -0.2) is 13.1 Å². The van der Waals surface area contributed by atoms with Crippen LogP contribution in [0.3, 0.4) is 0 Å². The highest BCUT2D eigenvalue weighted by Gasteiger charge is 2.13. The van der Waals surface area contributed by atoms with E-state index in [0.29, 0.717) is 11.1 Å². The van der Waals surface area contributed by atoms with Crippen molar-refractivity contribution in [1.82, 2.24) is 9.71 Å². The van der Waals surface area contributed by atoms with Crippen molar-refractivity contribution in [3.8, 4) is 0 Å². The van der Waals surface area contributed by atoms with Gasteiger partial charge in [0.1, 0.15) is 0 Å². The molecule has 0 saturated heterocycles. The van der Waals surface area contributed by atoms with E-state index in [9.17, 15) is 13.2 Å². The van der Waals surface area contributed by atoms with Crippen LogP contribution >= 0.6 is 0 Å². The Morgan fingerprint density at radius 3 is 2.48 bits per heavy atom. The van der Waals surface area contributed by atoms with Gasteiger partial charge in [-0.15, -0.1) is 0 Å². The van der Waals surface area contributed by atoms with E-state index in [1.807, 2.05) is 44.2 Å². The number of aromatic nitrogens is 1. The van der Waals surface area contributed by atoms with E-state index in [-0.39, 0.29) is 17.9 Å². The summed E-state index contributed by atoms with van der Waals surface area (Å²) in [7, 11) is -3.53. The third kappa shape index (κ3) is 4.15. The minimum atomic E-state index is -3.53. The first-order valence-corrected chi connectivity index (χ1v) is 9.64. The van der Waals surface area contributed by atoms with E-state index in [2.05, 4.69) is 9.71 Å². The Balaban J connectivity index is 1.78. The molecule has 0 fully saturated rings. The highest BCUT2D eigenvalue weighted by atomic mass is 32.2. The molecule has 0 aliphatic carbocycles. The maximum atomic E-state index is 12.3. The summed E-state index contributed by atoms with van der Waals surface area (Å²) in [6, 6.07) is 14.8. The predicted octanol–water partition coefficient (Wildman–Crippen LogP) is 2.76. The summed E-state index contributed by atoms with van der Waals surface area (Å²) in [5, 5.41) is 0.882. The van der Waals surface area contributed by atoms with Crippen LogP contribution in [0.15, 0.2) is 53.3 Å². The van der Waals surface area contributed by atoms with Gasteiger partial charge in [0.2, 0.25) is 10.0 Å². The quantitative estimate of drug-likeness (QED) is 0.738. The summed E-state index contributed by atoms with van der Waals surface area (Å²) in [5.74, 6) is -0.113. The zero-order chi connectivity index (χ0) is 18.0. The molecule has 0 unspecified atom stereocenters. The number of sulfonamides is 1. The van der Waals surface area contributed by atoms with Crippen LogP contribution in [0.5, 0.6) is 0 Å². The second kappa shape index (κ2) is 6.82. The second-order valence-electron chi connectivity index (χ2n) is 6.23. The molecule has 0 radical (unpaired) electrons. The van der Waals surface area contributed by atoms with Crippen molar-refractivity contribution >= 4 is 20.9 Å². The molecule has 0 aliphatic rings. The van der Waals surface area contributed by atoms with Crippen LogP contribution < -0.4 is 10.3 Å². The number of H-pyrrole nitrogens is 1. The number of aromatic amines is 1. The zero-order valence-electron chi connectivity index (χ0n) is 14.2. The molecule has 3 aromatic rings. The van der Waals surface area contributed by atoms with Gasteiger partial charge in [-0.3, -0.25) is 4.79 Å². The normalized spacial score (nSPS) is 11.8. The number of nitrogens with one attached hydrogen (secondary N) is 2. The molecule has 5 nitrogen and oxygen atoms in total. The van der Waals surface area contributed by atoms with Gasteiger partial charge < -0.3 is 4.98 Å². The Kier molecular flexibility index (Phi) is 4.74. The van der Waals surface area contributed by atoms with Crippen LogP contribution in [-0.4, -0.2) is 13.4 Å². The fourth-order valence-corrected chi connectivity index (χ4v) is 3.81. The number of para-hydroxylation sites is 1. The van der Waals surface area contributed by atoms with Gasteiger partial charge >= 0.3 is 0 Å². The molecule has 1 aromatic heterocycles. The van der Waals surface area contributed by atoms with Gasteiger partial charge in [-0.1, -0.05) is 48.0 Å². The molecule has 130 valence electrons. The first kappa shape index (κ1) is 17.4. The topological polar surface area (TPSA) is 79.0 Å². The maximum absolute atomic E-state index is 12.3. The summed E-state index contributed by atoms with van der Waals surface area (Å²) in [6.45, 7) is 3.83. The molecule has 0 atom stereocenters. The van der Waals surface area contributed by atoms with Crippen LogP contribution in [0.4, 0.5) is 0 Å². The number of hydrogen-bond acceptors (Lipinski definition) is 3. The molecule has 2 N–H and O–H groups in total. The lowest BCUT2D eigenvalue weighted by atomic mass is 10.1. The van der Waals surface area contributed by atoms with E-state index in [1.54, 1.807) is 18.2 Å². The summed E-state index contributed by atoms with van der Waals surface area (Å²) < 4.78 is 27.0. The Morgan fingerprint density at radius 2 is 1.76 bits per heavy atom. The molecule has 6 heteroatoms. The Bertz CT molecular complexity index is 1070. The van der Waals surface area contributed by atoms with Gasteiger partial charge in [-0.05, 0) is 36.4 Å². The first-order valence-electron chi connectivity index (χ1n) is 7.98. The van der Waals surface area contributed by atoms with Gasteiger partial charge in [0, 0.05) is 12.1 Å². The summed E-state index contributed by atoms with van der Waals surface area (Å²) >= 11 is 0. The lowest BCUT2D eigenvalue weighted by Gasteiger charge is -2.08. The Labute approximate surface area is 146 Å². The molecule has 25 heavy (non-hydrogen) atoms. The predicted molar refractivity (Wildman–Crippen MR) is 99.9 cm³/mol. The van der Waals surface area contributed by atoms with Crippen LogP contribution in [0.2, 0.25) is 0 Å². The third-order valence-electron chi connectivity index (χ3n) is 4.12. The highest BCUT2D eigenvalue weighted by molar-refractivity contribution is 7.88. The summed E-state index contributed by atoms with van der Waals surface area (Å²) in [6.07, 6.45) is 0. The molecule has 1 heterocycles. The zero-order valence-corrected chi connectivity index (χ0v) is 15.0. The first-order chi connectivity index (χ1) is 11.8. The molecular weight excluding hydrogens is 336 g/mol. The number of aryl methyl sites for hydroxylation is 2. The Morgan fingerprint density at radius 1 is 1.04 bits per heavy atom. The third-order valence-corrected chi connectivity index (χ3v) is 5.42. The number of hydrogen-bond donors (Lipinski definition) is 2. The van der Waals surface area contributed by atoms with E-state index in [1.165, 1.54) is 0 Å². The lowest BCUT2D eigenvalue weighted by Crippen LogP contribution is -2.28. The summed E-state index contributed by atoms with van der Waals surface area (Å²) in [4.78, 5) is 15.0. The van der Waals surface area contributed by atoms with Crippen molar-refractivity contribution in [2.45, 2.75) is 26.1 Å². The van der Waals surface area contributed by atoms with Crippen LogP contribution in [0.25, 0.3) is 10.9 Å². The average molecular weight is 356 g/mol. The minimum Gasteiger partial charge on any atom is -0.321 e. The number of benzene rings is 2. The van der Waals surface area contributed by atoms with Gasteiger partial charge in [0.05, 0.1) is 11.3 Å². The van der Waals surface area contributed by atoms with Gasteiger partial charge in [0.25, 0.3) is 5.56 Å². The van der Waals surface area contributed by atoms with Crippen LogP contribution in [0, 0.1) is 13.8 Å². The van der Waals surface area contributed by atoms with Crippen molar-refractivity contribution in [1.29, 1.82) is 0 Å². The van der Waals surface area contributed by atoms with E-state index < -0.39 is 10.0 Å². The molecule has 0 aliphatic heterocycles. The fraction of sp³-hybridized carbons (Fsp3) is 0.211. The van der Waals surface area contributed by atoms with E-state index >= 15 is 0 Å². The van der Waals surface area contributed by atoms with Crippen molar-refractivity contribution < 1.29 is 8.42 Å². The molecule has 0 amide bonds. The average Bonchev–Trinajstić information content (AvgIpc) is 2.56. The van der Waals surface area contributed by atoms with E-state index in [4.69, 9.17) is 0 Å². The number of rotatable bonds is 5. The van der Waals surface area contributed by atoms with Crippen molar-refractivity contribution in [3.63, 3.8) is 0 Å². The standard InChI is InChI=1S/C19H20N2O3S/c1-13-6-8-15(9-7-13)12-25(23,24)20-11-17-10-16-5-3-4-14(2)18(16)21-19(17)22/h3-10,20H,11-12H2,1-2H3,(H,21,22). The van der Waals surface area contributed by atoms with Crippen LogP contribution in [-0.2, 0) is 22.3 Å². The smallest absolute Gasteiger partial charge is 0.252 e. The van der Waals surface area contributed by atoms with E-state index in [0.717, 1.165) is 22.0 Å². The minimum absolute atomic E-state index is 0.0343. The van der Waals surface area contributed by atoms with Crippen molar-refractivity contribution in [3.05, 3.63) is 81.1 Å². The van der Waals surface area contributed by atoms with Crippen LogP contribution in [0.1, 0.15) is 22.3 Å². The summed E-state index contributed by atoms with van der Waals surface area (Å²) in [5.41, 5.74) is 3.65. The van der Waals surface area contributed by atoms with Gasteiger partial charge in [-0.2, -0.15) is 0 Å². The molecule has 2 aromatic carbocycles. The molecular formula is C19H20N2O3S. The molecule has 0 spiro atoms.